The van der Waals surface area contributed by atoms with Crippen LogP contribution in [0, 0.1) is 0 Å². The van der Waals surface area contributed by atoms with Crippen molar-refractivity contribution in [3.8, 4) is 0 Å². The first kappa shape index (κ1) is 21.7. The summed E-state index contributed by atoms with van der Waals surface area (Å²) in [6.07, 6.45) is 5.38. The molecule has 0 unspecified atom stereocenters. The van der Waals surface area contributed by atoms with Crippen molar-refractivity contribution >= 4 is 29.4 Å². The predicted octanol–water partition coefficient (Wildman–Crippen LogP) is 3.83. The summed E-state index contributed by atoms with van der Waals surface area (Å²) in [7, 11) is 0. The number of rotatable bonds is 6. The van der Waals surface area contributed by atoms with Gasteiger partial charge in [-0.25, -0.2) is 9.69 Å². The van der Waals surface area contributed by atoms with Crippen molar-refractivity contribution in [3.05, 3.63) is 65.2 Å². The summed E-state index contributed by atoms with van der Waals surface area (Å²) in [4.78, 5) is 53.5. The molecular formula is C25H26N2O5. The lowest BCUT2D eigenvalue weighted by molar-refractivity contribution is -0.137. The number of amides is 3. The van der Waals surface area contributed by atoms with Crippen LogP contribution < -0.4 is 4.90 Å². The fourth-order valence-electron chi connectivity index (χ4n) is 4.52. The van der Waals surface area contributed by atoms with E-state index in [0.29, 0.717) is 17.7 Å². The molecule has 1 aliphatic carbocycles. The molecular weight excluding hydrogens is 408 g/mol. The molecule has 1 aliphatic heterocycles. The van der Waals surface area contributed by atoms with Gasteiger partial charge < -0.3 is 9.64 Å². The Kier molecular flexibility index (Phi) is 6.35. The molecule has 7 heteroatoms. The van der Waals surface area contributed by atoms with Crippen LogP contribution in [0.3, 0.4) is 0 Å². The van der Waals surface area contributed by atoms with E-state index in [4.69, 9.17) is 4.74 Å². The quantitative estimate of drug-likeness (QED) is 0.510. The monoisotopic (exact) mass is 434 g/mol. The van der Waals surface area contributed by atoms with Crippen LogP contribution in [-0.4, -0.2) is 47.8 Å². The summed E-state index contributed by atoms with van der Waals surface area (Å²) < 4.78 is 5.28. The van der Waals surface area contributed by atoms with Crippen LogP contribution in [0.4, 0.5) is 5.69 Å². The van der Waals surface area contributed by atoms with Crippen molar-refractivity contribution in [2.45, 2.75) is 45.1 Å². The Hall–Kier alpha value is -3.48. The molecule has 32 heavy (non-hydrogen) atoms. The Bertz CT molecular complexity index is 1020. The van der Waals surface area contributed by atoms with E-state index in [1.165, 1.54) is 18.6 Å². The molecule has 0 bridgehead atoms. The molecule has 7 nitrogen and oxygen atoms in total. The van der Waals surface area contributed by atoms with Gasteiger partial charge in [0.1, 0.15) is 0 Å². The highest BCUT2D eigenvalue weighted by Crippen LogP contribution is 2.29. The number of imide groups is 1. The van der Waals surface area contributed by atoms with Crippen molar-refractivity contribution in [1.29, 1.82) is 0 Å². The van der Waals surface area contributed by atoms with Gasteiger partial charge in [-0.15, -0.1) is 0 Å². The number of carbonyl (C=O) groups is 4. The van der Waals surface area contributed by atoms with Crippen molar-refractivity contribution in [3.63, 3.8) is 0 Å². The number of benzene rings is 2. The summed E-state index contributed by atoms with van der Waals surface area (Å²) in [6.45, 7) is 2.18. The maximum atomic E-state index is 12.7. The lowest BCUT2D eigenvalue weighted by Gasteiger charge is -2.33. The minimum atomic E-state index is -0.670. The topological polar surface area (TPSA) is 84.0 Å². The highest BCUT2D eigenvalue weighted by molar-refractivity contribution is 6.34. The molecule has 1 saturated carbocycles. The van der Waals surface area contributed by atoms with Gasteiger partial charge in [-0.3, -0.25) is 14.4 Å². The van der Waals surface area contributed by atoms with Crippen molar-refractivity contribution in [2.24, 2.45) is 0 Å². The van der Waals surface area contributed by atoms with E-state index in [2.05, 4.69) is 0 Å². The number of esters is 1. The van der Waals surface area contributed by atoms with E-state index in [9.17, 15) is 19.2 Å². The van der Waals surface area contributed by atoms with Gasteiger partial charge in [-0.05, 0) is 50.1 Å². The predicted molar refractivity (Wildman–Crippen MR) is 119 cm³/mol. The molecule has 0 N–H and O–H groups in total. The number of nitrogens with zero attached hydrogens (tertiary/aromatic N) is 2. The maximum Gasteiger partial charge on any atom is 0.338 e. The van der Waals surface area contributed by atoms with Crippen LogP contribution in [-0.2, 0) is 9.53 Å². The Morgan fingerprint density at radius 1 is 0.969 bits per heavy atom. The minimum Gasteiger partial charge on any atom is -0.452 e. The molecule has 3 amide bonds. The zero-order chi connectivity index (χ0) is 22.7. The molecule has 0 atom stereocenters. The zero-order valence-corrected chi connectivity index (χ0v) is 18.1. The Morgan fingerprint density at radius 2 is 1.62 bits per heavy atom. The Labute approximate surface area is 187 Å². The molecule has 2 aliphatic rings. The first-order valence-corrected chi connectivity index (χ1v) is 11.1. The second-order valence-corrected chi connectivity index (χ2v) is 8.09. The molecule has 4 rings (SSSR count). The van der Waals surface area contributed by atoms with Gasteiger partial charge in [0.2, 0.25) is 0 Å². The SMILES string of the molecule is CCN(C(=O)COC(=O)c1cccc(N2C(=O)c3ccccc3C2=O)c1)C1CCCCC1. The number of fused-ring (bicyclic) bond motifs is 1. The van der Waals surface area contributed by atoms with Gasteiger partial charge in [0, 0.05) is 12.6 Å². The molecule has 166 valence electrons. The molecule has 1 fully saturated rings. The third-order valence-corrected chi connectivity index (χ3v) is 6.14. The van der Waals surface area contributed by atoms with E-state index in [1.54, 1.807) is 41.3 Å². The summed E-state index contributed by atoms with van der Waals surface area (Å²) in [5.74, 6) is -1.74. The van der Waals surface area contributed by atoms with E-state index >= 15 is 0 Å². The second-order valence-electron chi connectivity index (χ2n) is 8.09. The highest BCUT2D eigenvalue weighted by atomic mass is 16.5. The molecule has 0 radical (unpaired) electrons. The van der Waals surface area contributed by atoms with E-state index < -0.39 is 17.8 Å². The van der Waals surface area contributed by atoms with Crippen LogP contribution in [0.15, 0.2) is 48.5 Å². The van der Waals surface area contributed by atoms with Crippen LogP contribution in [0.5, 0.6) is 0 Å². The number of hydrogen-bond acceptors (Lipinski definition) is 5. The Balaban J connectivity index is 1.43. The maximum absolute atomic E-state index is 12.7. The number of carbonyl (C=O) groups excluding carboxylic acids is 4. The summed E-state index contributed by atoms with van der Waals surface area (Å²) in [5, 5.41) is 0. The van der Waals surface area contributed by atoms with E-state index in [0.717, 1.165) is 30.6 Å². The third-order valence-electron chi connectivity index (χ3n) is 6.14. The average molecular weight is 434 g/mol. The van der Waals surface area contributed by atoms with Crippen LogP contribution in [0.1, 0.15) is 70.1 Å². The first-order chi connectivity index (χ1) is 15.5. The molecule has 1 heterocycles. The van der Waals surface area contributed by atoms with Gasteiger partial charge in [-0.2, -0.15) is 0 Å². The van der Waals surface area contributed by atoms with Crippen molar-refractivity contribution < 1.29 is 23.9 Å². The van der Waals surface area contributed by atoms with Gasteiger partial charge in [0.05, 0.1) is 22.4 Å². The molecule has 2 aromatic rings. The minimum absolute atomic E-state index is 0.174. The zero-order valence-electron chi connectivity index (χ0n) is 18.1. The van der Waals surface area contributed by atoms with Crippen molar-refractivity contribution in [2.75, 3.05) is 18.1 Å². The van der Waals surface area contributed by atoms with Gasteiger partial charge >= 0.3 is 5.97 Å². The van der Waals surface area contributed by atoms with Crippen LogP contribution >= 0.6 is 0 Å². The highest BCUT2D eigenvalue weighted by Gasteiger charge is 2.36. The fraction of sp³-hybridized carbons (Fsp3) is 0.360. The lowest BCUT2D eigenvalue weighted by Crippen LogP contribution is -2.43. The smallest absolute Gasteiger partial charge is 0.338 e. The van der Waals surface area contributed by atoms with Crippen LogP contribution in [0.2, 0.25) is 0 Å². The number of ether oxygens (including phenoxy) is 1. The molecule has 0 saturated heterocycles. The van der Waals surface area contributed by atoms with Crippen LogP contribution in [0.25, 0.3) is 0 Å². The second kappa shape index (κ2) is 9.34. The van der Waals surface area contributed by atoms with E-state index in [-0.39, 0.29) is 29.8 Å². The molecule has 2 aromatic carbocycles. The summed E-state index contributed by atoms with van der Waals surface area (Å²) in [6, 6.07) is 13.0. The van der Waals surface area contributed by atoms with Crippen molar-refractivity contribution in [1.82, 2.24) is 4.90 Å². The average Bonchev–Trinajstić information content (AvgIpc) is 3.09. The lowest BCUT2D eigenvalue weighted by atomic mass is 9.94. The van der Waals surface area contributed by atoms with E-state index in [1.807, 2.05) is 6.92 Å². The Morgan fingerprint density at radius 3 is 2.25 bits per heavy atom. The standard InChI is InChI=1S/C25H26N2O5/c1-2-26(18-10-4-3-5-11-18)22(28)16-32-25(31)17-9-8-12-19(15-17)27-23(29)20-13-6-7-14-21(20)24(27)30/h6-9,12-15,18H,2-5,10-11,16H2,1H3. The normalized spacial score (nSPS) is 16.1. The van der Waals surface area contributed by atoms with Gasteiger partial charge in [0.15, 0.2) is 6.61 Å². The largest absolute Gasteiger partial charge is 0.452 e. The number of likely N-dealkylation sites (N-methyl/N-ethyl adjacent to an activating group) is 1. The first-order valence-electron chi connectivity index (χ1n) is 11.1. The number of hydrogen-bond donors (Lipinski definition) is 0. The number of anilines is 1. The van der Waals surface area contributed by atoms with Gasteiger partial charge in [0.25, 0.3) is 17.7 Å². The molecule has 0 spiro atoms. The fourth-order valence-corrected chi connectivity index (χ4v) is 4.52. The summed E-state index contributed by atoms with van der Waals surface area (Å²) >= 11 is 0. The third kappa shape index (κ3) is 4.15. The van der Waals surface area contributed by atoms with Gasteiger partial charge in [-0.1, -0.05) is 37.5 Å². The molecule has 0 aromatic heterocycles. The summed E-state index contributed by atoms with van der Waals surface area (Å²) in [5.41, 5.74) is 1.12.